The molecule has 0 saturated heterocycles. The van der Waals surface area contributed by atoms with Gasteiger partial charge in [-0.1, -0.05) is 48.5 Å². The predicted molar refractivity (Wildman–Crippen MR) is 120 cm³/mol. The Bertz CT molecular complexity index is 1200. The summed E-state index contributed by atoms with van der Waals surface area (Å²) in [5.74, 6) is 0. The van der Waals surface area contributed by atoms with E-state index in [9.17, 15) is 0 Å². The van der Waals surface area contributed by atoms with E-state index in [0.29, 0.717) is 0 Å². The van der Waals surface area contributed by atoms with Gasteiger partial charge in [0.05, 0.1) is 11.9 Å². The highest BCUT2D eigenvalue weighted by molar-refractivity contribution is 6.04. The number of anilines is 3. The third-order valence-electron chi connectivity index (χ3n) is 5.94. The minimum absolute atomic E-state index is 1.06. The first-order chi connectivity index (χ1) is 14.4. The van der Waals surface area contributed by atoms with Crippen molar-refractivity contribution in [1.29, 1.82) is 0 Å². The second-order valence-electron chi connectivity index (χ2n) is 7.61. The van der Waals surface area contributed by atoms with Crippen LogP contribution in [0.2, 0.25) is 0 Å². The van der Waals surface area contributed by atoms with E-state index in [1.54, 1.807) is 0 Å². The minimum Gasteiger partial charge on any atom is -0.309 e. The highest BCUT2D eigenvalue weighted by atomic mass is 15.1. The Morgan fingerprint density at radius 1 is 0.690 bits per heavy atom. The molecule has 1 aromatic heterocycles. The Kier molecular flexibility index (Phi) is 3.63. The molecule has 2 aliphatic carbocycles. The fraction of sp³-hybridized carbons (Fsp3) is 0.0741. The van der Waals surface area contributed by atoms with Crippen LogP contribution in [0.1, 0.15) is 23.1 Å². The second-order valence-corrected chi connectivity index (χ2v) is 7.61. The van der Waals surface area contributed by atoms with Gasteiger partial charge in [0.2, 0.25) is 0 Å². The summed E-state index contributed by atoms with van der Waals surface area (Å²) < 4.78 is 0. The zero-order valence-corrected chi connectivity index (χ0v) is 16.0. The molecule has 138 valence electrons. The Morgan fingerprint density at radius 3 is 2.45 bits per heavy atom. The second kappa shape index (κ2) is 6.46. The van der Waals surface area contributed by atoms with Crippen LogP contribution in [0, 0.1) is 0 Å². The molecule has 0 radical (unpaired) electrons. The number of aryl methyl sites for hydroxylation is 1. The van der Waals surface area contributed by atoms with Gasteiger partial charge in [0.15, 0.2) is 0 Å². The summed E-state index contributed by atoms with van der Waals surface area (Å²) >= 11 is 0. The summed E-state index contributed by atoms with van der Waals surface area (Å²) in [6.07, 6.45) is 8.41. The van der Waals surface area contributed by atoms with Crippen molar-refractivity contribution in [3.8, 4) is 11.1 Å². The van der Waals surface area contributed by atoms with Crippen molar-refractivity contribution in [2.24, 2.45) is 0 Å². The van der Waals surface area contributed by atoms with Gasteiger partial charge in [0.25, 0.3) is 0 Å². The zero-order chi connectivity index (χ0) is 19.2. The fourth-order valence-corrected chi connectivity index (χ4v) is 4.71. The van der Waals surface area contributed by atoms with Gasteiger partial charge in [0.1, 0.15) is 0 Å². The van der Waals surface area contributed by atoms with E-state index < -0.39 is 0 Å². The van der Waals surface area contributed by atoms with Crippen molar-refractivity contribution in [3.05, 3.63) is 114 Å². The third-order valence-corrected chi connectivity index (χ3v) is 5.94. The van der Waals surface area contributed by atoms with Crippen molar-refractivity contribution in [1.82, 2.24) is 4.98 Å². The van der Waals surface area contributed by atoms with Crippen molar-refractivity contribution < 1.29 is 0 Å². The topological polar surface area (TPSA) is 16.1 Å². The quantitative estimate of drug-likeness (QED) is 0.342. The molecule has 2 aliphatic rings. The molecule has 2 nitrogen and oxygen atoms in total. The van der Waals surface area contributed by atoms with Crippen LogP contribution in [0.3, 0.4) is 0 Å². The van der Waals surface area contributed by atoms with Crippen molar-refractivity contribution in [2.75, 3.05) is 4.90 Å². The molecule has 0 bridgehead atoms. The summed E-state index contributed by atoms with van der Waals surface area (Å²) in [5.41, 5.74) is 11.7. The van der Waals surface area contributed by atoms with Gasteiger partial charge < -0.3 is 4.90 Å². The van der Waals surface area contributed by atoms with Crippen LogP contribution >= 0.6 is 0 Å². The summed E-state index contributed by atoms with van der Waals surface area (Å²) in [7, 11) is 0. The van der Waals surface area contributed by atoms with Gasteiger partial charge >= 0.3 is 0 Å². The molecule has 0 atom stereocenters. The van der Waals surface area contributed by atoms with Gasteiger partial charge in [-0.2, -0.15) is 0 Å². The highest BCUT2D eigenvalue weighted by Gasteiger charge is 2.28. The lowest BCUT2D eigenvalue weighted by Crippen LogP contribution is -2.10. The predicted octanol–water partition coefficient (Wildman–Crippen LogP) is 6.91. The molecule has 3 aromatic carbocycles. The van der Waals surface area contributed by atoms with Crippen LogP contribution in [-0.2, 0) is 6.42 Å². The van der Waals surface area contributed by atoms with E-state index in [1.165, 1.54) is 33.4 Å². The fourth-order valence-electron chi connectivity index (χ4n) is 4.71. The normalized spacial score (nSPS) is 13.4. The number of aromatic nitrogens is 1. The number of hydrogen-bond acceptors (Lipinski definition) is 2. The molecular weight excluding hydrogens is 352 g/mol. The number of nitrogens with zero attached hydrogens (tertiary/aromatic N) is 2. The largest absolute Gasteiger partial charge is 0.309 e. The third kappa shape index (κ3) is 2.53. The van der Waals surface area contributed by atoms with Crippen LogP contribution < -0.4 is 4.90 Å². The van der Waals surface area contributed by atoms with Crippen molar-refractivity contribution >= 4 is 22.6 Å². The van der Waals surface area contributed by atoms with E-state index in [1.807, 2.05) is 18.5 Å². The molecule has 0 aliphatic heterocycles. The van der Waals surface area contributed by atoms with Gasteiger partial charge in [-0.3, -0.25) is 4.98 Å². The Hall–Kier alpha value is -3.65. The monoisotopic (exact) mass is 372 g/mol. The van der Waals surface area contributed by atoms with E-state index in [0.717, 1.165) is 29.9 Å². The molecule has 29 heavy (non-hydrogen) atoms. The number of para-hydroxylation sites is 1. The molecule has 6 rings (SSSR count). The number of benzene rings is 3. The number of hydrogen-bond donors (Lipinski definition) is 0. The lowest BCUT2D eigenvalue weighted by molar-refractivity contribution is 0.982. The highest BCUT2D eigenvalue weighted by Crippen LogP contribution is 2.49. The number of pyridine rings is 1. The van der Waals surface area contributed by atoms with Crippen LogP contribution in [0.5, 0.6) is 0 Å². The van der Waals surface area contributed by atoms with Crippen LogP contribution in [-0.4, -0.2) is 4.98 Å². The van der Waals surface area contributed by atoms with E-state index in [-0.39, 0.29) is 0 Å². The van der Waals surface area contributed by atoms with Gasteiger partial charge in [-0.25, -0.2) is 0 Å². The number of rotatable bonds is 3. The average molecular weight is 372 g/mol. The van der Waals surface area contributed by atoms with Crippen LogP contribution in [0.4, 0.5) is 17.1 Å². The van der Waals surface area contributed by atoms with Crippen LogP contribution in [0.15, 0.2) is 97.3 Å². The molecule has 0 unspecified atom stereocenters. The van der Waals surface area contributed by atoms with Gasteiger partial charge in [-0.05, 0) is 82.6 Å². The lowest BCUT2D eigenvalue weighted by Gasteiger charge is -2.25. The maximum atomic E-state index is 4.36. The first-order valence-corrected chi connectivity index (χ1v) is 10.1. The van der Waals surface area contributed by atoms with E-state index in [4.69, 9.17) is 0 Å². The first-order valence-electron chi connectivity index (χ1n) is 10.1. The molecule has 0 N–H and O–H groups in total. The van der Waals surface area contributed by atoms with E-state index in [2.05, 4.69) is 88.8 Å². The summed E-state index contributed by atoms with van der Waals surface area (Å²) in [5, 5.41) is 0. The smallest absolute Gasteiger partial charge is 0.0644 e. The summed E-state index contributed by atoms with van der Waals surface area (Å²) in [4.78, 5) is 6.64. The van der Waals surface area contributed by atoms with Crippen LogP contribution in [0.25, 0.3) is 16.7 Å². The Morgan fingerprint density at radius 2 is 1.59 bits per heavy atom. The first kappa shape index (κ1) is 16.3. The molecule has 0 spiro atoms. The standard InChI is InChI=1S/C27H20N2/c1-2-9-20(10-3-1)29(22-11-6-16-28-18-22)21-14-15-23-24-12-4-7-19-8-5-13-25(27(19)24)26(23)17-21/h1-3,5-6,8-18H,4,7H2. The summed E-state index contributed by atoms with van der Waals surface area (Å²) in [6, 6.07) is 28.2. The maximum absolute atomic E-state index is 4.36. The lowest BCUT2D eigenvalue weighted by atomic mass is 9.90. The van der Waals surface area contributed by atoms with Crippen molar-refractivity contribution in [2.45, 2.75) is 12.8 Å². The molecule has 0 amide bonds. The Balaban J connectivity index is 1.56. The number of allylic oxidation sites excluding steroid dienone is 1. The van der Waals surface area contributed by atoms with Gasteiger partial charge in [-0.15, -0.1) is 0 Å². The number of fused-ring (bicyclic) bond motifs is 3. The summed E-state index contributed by atoms with van der Waals surface area (Å²) in [6.45, 7) is 0. The Labute approximate surface area is 170 Å². The molecular formula is C27H20N2. The van der Waals surface area contributed by atoms with E-state index >= 15 is 0 Å². The minimum atomic E-state index is 1.06. The SMILES string of the molecule is C1=C2c3ccc(N(c4ccccc4)c4cccnc4)cc3-c3cccc(c32)CC1. The zero-order valence-electron chi connectivity index (χ0n) is 16.0. The molecule has 0 fully saturated rings. The maximum Gasteiger partial charge on any atom is 0.0644 e. The molecule has 2 heteroatoms. The van der Waals surface area contributed by atoms with Gasteiger partial charge in [0, 0.05) is 17.6 Å². The molecule has 1 heterocycles. The molecule has 4 aromatic rings. The average Bonchev–Trinajstić information content (AvgIpc) is 3.11. The molecule has 0 saturated carbocycles. The van der Waals surface area contributed by atoms with Crippen molar-refractivity contribution in [3.63, 3.8) is 0 Å².